The minimum Gasteiger partial charge on any atom is -0.395 e. The van der Waals surface area contributed by atoms with Crippen molar-refractivity contribution >= 4 is 23.8 Å². The van der Waals surface area contributed by atoms with Gasteiger partial charge in [0.1, 0.15) is 5.82 Å². The molecule has 3 heterocycles. The Bertz CT molecular complexity index is 1110. The third-order valence-corrected chi connectivity index (χ3v) is 5.60. The predicted octanol–water partition coefficient (Wildman–Crippen LogP) is 2.47. The molecule has 0 saturated carbocycles. The Kier molecular flexibility index (Phi) is 8.00. The second-order valence-electron chi connectivity index (χ2n) is 8.14. The minimum absolute atomic E-state index is 0.0931. The third kappa shape index (κ3) is 6.70. The lowest BCUT2D eigenvalue weighted by atomic mass is 10.2. The lowest BCUT2D eigenvalue weighted by molar-refractivity contribution is -0.137. The number of hydrogen-bond acceptors (Lipinski definition) is 9. The Balaban J connectivity index is 1.28. The summed E-state index contributed by atoms with van der Waals surface area (Å²) in [7, 11) is 0. The fraction of sp³-hybridized carbons (Fsp3) is 0.348. The van der Waals surface area contributed by atoms with Gasteiger partial charge < -0.3 is 20.6 Å². The fourth-order valence-electron chi connectivity index (χ4n) is 3.75. The average molecular weight is 507 g/mol. The van der Waals surface area contributed by atoms with E-state index < -0.39 is 23.9 Å². The van der Waals surface area contributed by atoms with Gasteiger partial charge in [0.25, 0.3) is 0 Å². The largest absolute Gasteiger partial charge is 0.416 e. The molecule has 13 heteroatoms. The Hall–Kier alpha value is -3.71. The molecule has 36 heavy (non-hydrogen) atoms. The van der Waals surface area contributed by atoms with Crippen LogP contribution in [0.5, 0.6) is 0 Å². The molecule has 1 fully saturated rings. The summed E-state index contributed by atoms with van der Waals surface area (Å²) in [6, 6.07) is 8.21. The molecule has 1 saturated heterocycles. The summed E-state index contributed by atoms with van der Waals surface area (Å²) in [5.41, 5.74) is 3.36. The van der Waals surface area contributed by atoms with Gasteiger partial charge in [-0.3, -0.25) is 15.3 Å². The van der Waals surface area contributed by atoms with Crippen LogP contribution in [0.1, 0.15) is 11.3 Å². The molecule has 4 rings (SSSR count). The molecular formula is C23H26F4N8O. The zero-order chi connectivity index (χ0) is 25.5. The van der Waals surface area contributed by atoms with Gasteiger partial charge in [0.05, 0.1) is 42.2 Å². The molecule has 0 radical (unpaired) electrons. The molecule has 1 unspecified atom stereocenters. The van der Waals surface area contributed by atoms with Crippen LogP contribution >= 0.6 is 0 Å². The van der Waals surface area contributed by atoms with E-state index >= 15 is 0 Å². The summed E-state index contributed by atoms with van der Waals surface area (Å²) >= 11 is 0. The first kappa shape index (κ1) is 25.4. The number of β-amino-alcohol motifs (C(OH)–C–C–N with tert-alkyl or cyclic N) is 1. The van der Waals surface area contributed by atoms with E-state index in [-0.39, 0.29) is 6.61 Å². The van der Waals surface area contributed by atoms with Crippen molar-refractivity contribution in [3.8, 4) is 0 Å². The first-order valence-corrected chi connectivity index (χ1v) is 11.3. The highest BCUT2D eigenvalue weighted by atomic mass is 19.4. The molecule has 9 nitrogen and oxygen atoms in total. The number of benzene rings is 1. The van der Waals surface area contributed by atoms with Crippen molar-refractivity contribution in [3.63, 3.8) is 0 Å². The van der Waals surface area contributed by atoms with Gasteiger partial charge in [-0.25, -0.2) is 9.38 Å². The molecular weight excluding hydrogens is 480 g/mol. The van der Waals surface area contributed by atoms with Gasteiger partial charge in [-0.15, -0.1) is 0 Å². The molecule has 0 spiro atoms. The molecule has 4 N–H and O–H groups in total. The number of aliphatic hydroxyl groups is 1. The van der Waals surface area contributed by atoms with E-state index in [1.807, 2.05) is 4.90 Å². The molecule has 2 aromatic rings. The monoisotopic (exact) mass is 506 g/mol. The molecule has 0 bridgehead atoms. The van der Waals surface area contributed by atoms with Crippen LogP contribution in [0.25, 0.3) is 0 Å². The van der Waals surface area contributed by atoms with Gasteiger partial charge in [-0.2, -0.15) is 18.3 Å². The zero-order valence-electron chi connectivity index (χ0n) is 19.2. The number of nitrogens with zero attached hydrogens (tertiary/aromatic N) is 5. The number of piperazine rings is 1. The van der Waals surface area contributed by atoms with Crippen LogP contribution in [0, 0.1) is 0 Å². The van der Waals surface area contributed by atoms with Gasteiger partial charge in [-0.1, -0.05) is 6.07 Å². The second kappa shape index (κ2) is 11.4. The molecule has 2 aliphatic heterocycles. The molecule has 1 aromatic heterocycles. The van der Waals surface area contributed by atoms with Crippen molar-refractivity contribution in [2.24, 2.45) is 10.1 Å². The Labute approximate surface area is 205 Å². The maximum absolute atomic E-state index is 14.3. The minimum atomic E-state index is -4.42. The first-order chi connectivity index (χ1) is 17.3. The van der Waals surface area contributed by atoms with Gasteiger partial charge in [-0.05, 0) is 30.3 Å². The SMILES string of the molecule is OCCN1CCN(C2=C(F)C=NC(N/N=C/c3ccc(Nc4cccc(C(F)(F)F)c4)cn3)N2)CC1. The first-order valence-electron chi connectivity index (χ1n) is 11.3. The van der Waals surface area contributed by atoms with Crippen LogP contribution in [0.15, 0.2) is 64.3 Å². The van der Waals surface area contributed by atoms with Crippen molar-refractivity contribution < 1.29 is 22.7 Å². The summed E-state index contributed by atoms with van der Waals surface area (Å²) in [4.78, 5) is 12.3. The van der Waals surface area contributed by atoms with Crippen LogP contribution in [-0.2, 0) is 6.18 Å². The number of anilines is 2. The topological polar surface area (TPSA) is 100 Å². The number of pyridine rings is 1. The number of nitrogens with one attached hydrogen (secondary N) is 3. The van der Waals surface area contributed by atoms with E-state index in [1.165, 1.54) is 24.5 Å². The smallest absolute Gasteiger partial charge is 0.395 e. The van der Waals surface area contributed by atoms with Crippen LogP contribution in [0.3, 0.4) is 0 Å². The van der Waals surface area contributed by atoms with Crippen molar-refractivity contribution in [3.05, 3.63) is 65.5 Å². The van der Waals surface area contributed by atoms with Crippen LogP contribution in [0.2, 0.25) is 0 Å². The van der Waals surface area contributed by atoms with Crippen molar-refractivity contribution in [1.29, 1.82) is 0 Å². The molecule has 1 atom stereocenters. The number of aliphatic imine (C=N–C) groups is 1. The van der Waals surface area contributed by atoms with Gasteiger partial charge in [0.15, 0.2) is 5.83 Å². The summed E-state index contributed by atoms with van der Waals surface area (Å²) in [6.07, 6.45) is -1.02. The van der Waals surface area contributed by atoms with Crippen LogP contribution in [-0.4, -0.2) is 77.9 Å². The number of halogens is 4. The standard InChI is InChI=1S/C23H26F4N8O/c24-20-15-29-22(32-21(20)35-8-6-34(7-9-35)10-11-36)33-30-14-18-4-5-19(13-28-18)31-17-3-1-2-16(12-17)23(25,26)27/h1-5,12-15,22,31-33,36H,6-11H2/b30-14+. The van der Waals surface area contributed by atoms with Gasteiger partial charge >= 0.3 is 6.18 Å². The quantitative estimate of drug-likeness (QED) is 0.248. The fourth-order valence-corrected chi connectivity index (χ4v) is 3.75. The molecule has 0 aliphatic carbocycles. The molecule has 0 amide bonds. The second-order valence-corrected chi connectivity index (χ2v) is 8.14. The lowest BCUT2D eigenvalue weighted by Crippen LogP contribution is -2.52. The van der Waals surface area contributed by atoms with Crippen molar-refractivity contribution in [1.82, 2.24) is 25.5 Å². The summed E-state index contributed by atoms with van der Waals surface area (Å²) in [6.45, 7) is 3.36. The van der Waals surface area contributed by atoms with E-state index in [4.69, 9.17) is 5.11 Å². The maximum Gasteiger partial charge on any atom is 0.416 e. The molecule has 192 valence electrons. The average Bonchev–Trinajstić information content (AvgIpc) is 2.87. The highest BCUT2D eigenvalue weighted by Crippen LogP contribution is 2.31. The molecule has 2 aliphatic rings. The number of aromatic nitrogens is 1. The summed E-state index contributed by atoms with van der Waals surface area (Å²) in [5, 5.41) is 19.0. The maximum atomic E-state index is 14.3. The van der Waals surface area contributed by atoms with E-state index in [9.17, 15) is 17.6 Å². The van der Waals surface area contributed by atoms with Crippen molar-refractivity contribution in [2.75, 3.05) is 44.6 Å². The number of rotatable bonds is 8. The predicted molar refractivity (Wildman–Crippen MR) is 128 cm³/mol. The summed E-state index contributed by atoms with van der Waals surface area (Å²) in [5.74, 6) is -0.123. The van der Waals surface area contributed by atoms with E-state index in [2.05, 4.69) is 36.0 Å². The third-order valence-electron chi connectivity index (χ3n) is 5.60. The van der Waals surface area contributed by atoms with E-state index in [0.717, 1.165) is 31.4 Å². The number of hydrogen-bond donors (Lipinski definition) is 4. The normalized spacial score (nSPS) is 19.0. The Morgan fingerprint density at radius 3 is 2.64 bits per heavy atom. The highest BCUT2D eigenvalue weighted by Gasteiger charge is 2.30. The number of aliphatic hydroxyl groups excluding tert-OH is 1. The molecule has 1 aromatic carbocycles. The van der Waals surface area contributed by atoms with E-state index in [1.54, 1.807) is 12.1 Å². The van der Waals surface area contributed by atoms with Gasteiger partial charge in [0, 0.05) is 38.4 Å². The highest BCUT2D eigenvalue weighted by molar-refractivity contribution is 5.78. The Morgan fingerprint density at radius 1 is 1.14 bits per heavy atom. The number of alkyl halides is 3. The van der Waals surface area contributed by atoms with Crippen LogP contribution < -0.4 is 16.1 Å². The van der Waals surface area contributed by atoms with E-state index in [0.29, 0.717) is 42.5 Å². The lowest BCUT2D eigenvalue weighted by Gasteiger charge is -2.38. The van der Waals surface area contributed by atoms with Crippen molar-refractivity contribution in [2.45, 2.75) is 12.5 Å². The zero-order valence-corrected chi connectivity index (χ0v) is 19.2. The summed E-state index contributed by atoms with van der Waals surface area (Å²) < 4.78 is 53.0. The van der Waals surface area contributed by atoms with Crippen LogP contribution in [0.4, 0.5) is 28.9 Å². The number of allylic oxidation sites excluding steroid dienone is 1. The van der Waals surface area contributed by atoms with Gasteiger partial charge in [0.2, 0.25) is 6.29 Å². The number of hydrazone groups is 1. The Morgan fingerprint density at radius 2 is 1.94 bits per heavy atom.